The summed E-state index contributed by atoms with van der Waals surface area (Å²) in [6.07, 6.45) is -3.48. The second-order valence-electron chi connectivity index (χ2n) is 5.15. The molecule has 1 aromatic carbocycles. The van der Waals surface area contributed by atoms with E-state index in [-0.39, 0.29) is 11.4 Å². The molecule has 24 heavy (non-hydrogen) atoms. The van der Waals surface area contributed by atoms with Gasteiger partial charge in [-0.25, -0.2) is 4.99 Å². The minimum atomic E-state index is -4.80. The van der Waals surface area contributed by atoms with Gasteiger partial charge in [-0.15, -0.1) is 0 Å². The third-order valence-corrected chi connectivity index (χ3v) is 3.68. The van der Waals surface area contributed by atoms with Crippen LogP contribution in [0.2, 0.25) is 0 Å². The average Bonchev–Trinajstić information content (AvgIpc) is 3.01. The molecule has 0 saturated heterocycles. The van der Waals surface area contributed by atoms with Gasteiger partial charge in [0, 0.05) is 0 Å². The number of aliphatic imine (C=N–C) groups is 1. The average molecular weight is 338 g/mol. The number of rotatable bonds is 2. The van der Waals surface area contributed by atoms with Crippen molar-refractivity contribution in [3.05, 3.63) is 48.4 Å². The smallest absolute Gasteiger partial charge is 0.430 e. The van der Waals surface area contributed by atoms with E-state index in [1.807, 2.05) is 0 Å². The molecule has 1 aromatic heterocycles. The van der Waals surface area contributed by atoms with E-state index < -0.39 is 29.8 Å². The van der Waals surface area contributed by atoms with E-state index in [2.05, 4.69) is 15.0 Å². The first-order valence-corrected chi connectivity index (χ1v) is 7.04. The SMILES string of the molecule is COC(=O)[C@H]1C(C(F)(F)F)=Nc2ccccc2N[C@H]1c1ccco1. The highest BCUT2D eigenvalue weighted by atomic mass is 19.4. The summed E-state index contributed by atoms with van der Waals surface area (Å²) in [5.74, 6) is -2.57. The van der Waals surface area contributed by atoms with Crippen LogP contribution in [0.1, 0.15) is 11.8 Å². The zero-order chi connectivity index (χ0) is 17.3. The highest BCUT2D eigenvalue weighted by Crippen LogP contribution is 2.41. The lowest BCUT2D eigenvalue weighted by Gasteiger charge is -2.25. The number of fused-ring (bicyclic) bond motifs is 1. The Labute approximate surface area is 135 Å². The van der Waals surface area contributed by atoms with Crippen molar-refractivity contribution >= 4 is 23.1 Å². The third kappa shape index (κ3) is 2.86. The summed E-state index contributed by atoms with van der Waals surface area (Å²) in [5, 5.41) is 2.92. The number of hydrogen-bond acceptors (Lipinski definition) is 5. The maximum Gasteiger partial charge on any atom is 0.430 e. The maximum absolute atomic E-state index is 13.6. The van der Waals surface area contributed by atoms with E-state index >= 15 is 0 Å². The van der Waals surface area contributed by atoms with Crippen molar-refractivity contribution in [2.75, 3.05) is 12.4 Å². The van der Waals surface area contributed by atoms with Crippen LogP contribution in [-0.4, -0.2) is 25.0 Å². The fourth-order valence-electron chi connectivity index (χ4n) is 2.62. The number of benzene rings is 1. The van der Waals surface area contributed by atoms with Crippen molar-refractivity contribution in [2.24, 2.45) is 10.9 Å². The second-order valence-corrected chi connectivity index (χ2v) is 5.15. The van der Waals surface area contributed by atoms with E-state index in [0.29, 0.717) is 5.69 Å². The molecule has 0 bridgehead atoms. The maximum atomic E-state index is 13.6. The van der Waals surface area contributed by atoms with Gasteiger partial charge in [0.15, 0.2) is 0 Å². The van der Waals surface area contributed by atoms with Gasteiger partial charge in [-0.05, 0) is 24.3 Å². The second kappa shape index (κ2) is 6.03. The van der Waals surface area contributed by atoms with E-state index in [9.17, 15) is 18.0 Å². The van der Waals surface area contributed by atoms with Gasteiger partial charge in [0.1, 0.15) is 23.4 Å². The van der Waals surface area contributed by atoms with Crippen LogP contribution in [-0.2, 0) is 9.53 Å². The minimum absolute atomic E-state index is 0.0905. The number of halogens is 3. The summed E-state index contributed by atoms with van der Waals surface area (Å²) in [4.78, 5) is 15.9. The molecule has 0 aliphatic carbocycles. The predicted octanol–water partition coefficient (Wildman–Crippen LogP) is 3.87. The number of methoxy groups -OCH3 is 1. The highest BCUT2D eigenvalue weighted by Gasteiger charge is 2.50. The van der Waals surface area contributed by atoms with E-state index in [4.69, 9.17) is 4.42 Å². The van der Waals surface area contributed by atoms with Crippen LogP contribution in [0.3, 0.4) is 0 Å². The summed E-state index contributed by atoms with van der Waals surface area (Å²) < 4.78 is 50.6. The molecular formula is C16H13F3N2O3. The van der Waals surface area contributed by atoms with Crippen LogP contribution in [0.15, 0.2) is 52.1 Å². The summed E-state index contributed by atoms with van der Waals surface area (Å²) in [6, 6.07) is 8.18. The van der Waals surface area contributed by atoms with Gasteiger partial charge in [0.25, 0.3) is 0 Å². The van der Waals surface area contributed by atoms with Crippen molar-refractivity contribution in [3.63, 3.8) is 0 Å². The summed E-state index contributed by atoms with van der Waals surface area (Å²) in [7, 11) is 1.04. The number of esters is 1. The largest absolute Gasteiger partial charge is 0.468 e. The first kappa shape index (κ1) is 16.1. The van der Waals surface area contributed by atoms with Crippen LogP contribution in [0.25, 0.3) is 0 Å². The van der Waals surface area contributed by atoms with Crippen LogP contribution < -0.4 is 5.32 Å². The molecule has 2 aromatic rings. The number of nitrogens with one attached hydrogen (secondary N) is 1. The predicted molar refractivity (Wildman–Crippen MR) is 80.2 cm³/mol. The summed E-state index contributed by atoms with van der Waals surface area (Å²) >= 11 is 0. The van der Waals surface area contributed by atoms with Crippen LogP contribution in [0.5, 0.6) is 0 Å². The molecule has 2 heterocycles. The zero-order valence-corrected chi connectivity index (χ0v) is 12.5. The third-order valence-electron chi connectivity index (χ3n) is 3.68. The number of carbonyl (C=O) groups excluding carboxylic acids is 1. The number of furan rings is 1. The summed E-state index contributed by atoms with van der Waals surface area (Å²) in [5.41, 5.74) is -0.770. The topological polar surface area (TPSA) is 63.8 Å². The number of carbonyl (C=O) groups is 1. The summed E-state index contributed by atoms with van der Waals surface area (Å²) in [6.45, 7) is 0. The van der Waals surface area contributed by atoms with Gasteiger partial charge in [-0.2, -0.15) is 13.2 Å². The van der Waals surface area contributed by atoms with Crippen molar-refractivity contribution in [1.82, 2.24) is 0 Å². The molecule has 5 nitrogen and oxygen atoms in total. The number of nitrogens with zero attached hydrogens (tertiary/aromatic N) is 1. The first-order valence-electron chi connectivity index (χ1n) is 7.04. The van der Waals surface area contributed by atoms with Crippen molar-refractivity contribution in [1.29, 1.82) is 0 Å². The lowest BCUT2D eigenvalue weighted by Crippen LogP contribution is -2.41. The number of hydrogen-bond donors (Lipinski definition) is 1. The molecule has 0 saturated carbocycles. The molecule has 0 fully saturated rings. The number of para-hydroxylation sites is 2. The van der Waals surface area contributed by atoms with Gasteiger partial charge >= 0.3 is 12.1 Å². The lowest BCUT2D eigenvalue weighted by atomic mass is 9.92. The molecule has 1 N–H and O–H groups in total. The van der Waals surface area contributed by atoms with E-state index in [0.717, 1.165) is 7.11 Å². The Balaban J connectivity index is 2.22. The van der Waals surface area contributed by atoms with Gasteiger partial charge in [0.05, 0.1) is 24.7 Å². The molecule has 126 valence electrons. The Bertz CT molecular complexity index is 769. The fourth-order valence-corrected chi connectivity index (χ4v) is 2.62. The molecular weight excluding hydrogens is 325 g/mol. The molecule has 0 radical (unpaired) electrons. The van der Waals surface area contributed by atoms with Gasteiger partial charge in [-0.3, -0.25) is 4.79 Å². The molecule has 3 rings (SSSR count). The minimum Gasteiger partial charge on any atom is -0.468 e. The lowest BCUT2D eigenvalue weighted by molar-refractivity contribution is -0.145. The number of ether oxygens (including phenoxy) is 1. The van der Waals surface area contributed by atoms with Crippen LogP contribution in [0.4, 0.5) is 24.5 Å². The normalized spacial score (nSPS) is 20.4. The fraction of sp³-hybridized carbons (Fsp3) is 0.250. The van der Waals surface area contributed by atoms with Gasteiger partial charge < -0.3 is 14.5 Å². The molecule has 2 atom stereocenters. The van der Waals surface area contributed by atoms with Gasteiger partial charge in [0.2, 0.25) is 0 Å². The number of anilines is 1. The molecule has 1 aliphatic rings. The Hall–Kier alpha value is -2.77. The van der Waals surface area contributed by atoms with Gasteiger partial charge in [-0.1, -0.05) is 12.1 Å². The highest BCUT2D eigenvalue weighted by molar-refractivity contribution is 6.08. The number of alkyl halides is 3. The van der Waals surface area contributed by atoms with Crippen molar-refractivity contribution < 1.29 is 27.1 Å². The van der Waals surface area contributed by atoms with E-state index in [1.54, 1.807) is 18.2 Å². The Kier molecular flexibility index (Phi) is 4.04. The quantitative estimate of drug-likeness (QED) is 0.844. The van der Waals surface area contributed by atoms with Crippen LogP contribution in [0, 0.1) is 5.92 Å². The van der Waals surface area contributed by atoms with Crippen molar-refractivity contribution in [2.45, 2.75) is 12.2 Å². The van der Waals surface area contributed by atoms with Crippen molar-refractivity contribution in [3.8, 4) is 0 Å². The molecule has 0 unspecified atom stereocenters. The standard InChI is InChI=1S/C16H13F3N2O3/c1-23-15(22)12-13(11-7-4-8-24-11)20-9-5-2-3-6-10(9)21-14(12)16(17,18)19/h2-8,12-13,20H,1H3/t12-,13+/m1/s1. The Morgan fingerprint density at radius 3 is 2.62 bits per heavy atom. The monoisotopic (exact) mass is 338 g/mol. The molecule has 1 aliphatic heterocycles. The van der Waals surface area contributed by atoms with Crippen LogP contribution >= 0.6 is 0 Å². The Morgan fingerprint density at radius 2 is 2.00 bits per heavy atom. The zero-order valence-electron chi connectivity index (χ0n) is 12.5. The first-order chi connectivity index (χ1) is 11.4. The Morgan fingerprint density at radius 1 is 1.25 bits per heavy atom. The molecule has 8 heteroatoms. The van der Waals surface area contributed by atoms with E-state index in [1.165, 1.54) is 24.5 Å². The molecule has 0 spiro atoms. The molecule has 0 amide bonds.